The Hall–Kier alpha value is -0.420. The van der Waals surface area contributed by atoms with Crippen LogP contribution in [0.3, 0.4) is 0 Å². The lowest BCUT2D eigenvalue weighted by Crippen LogP contribution is -2.26. The van der Waals surface area contributed by atoms with Crippen molar-refractivity contribution < 1.29 is 27.9 Å². The van der Waals surface area contributed by atoms with Gasteiger partial charge in [0.15, 0.2) is 0 Å². The van der Waals surface area contributed by atoms with Crippen LogP contribution >= 0.6 is 8.25 Å². The van der Waals surface area contributed by atoms with E-state index >= 15 is 0 Å². The van der Waals surface area contributed by atoms with Crippen LogP contribution in [0.15, 0.2) is 0 Å². The minimum absolute atomic E-state index is 0.0586. The van der Waals surface area contributed by atoms with Gasteiger partial charge in [-0.15, -0.1) is 0 Å². The van der Waals surface area contributed by atoms with Gasteiger partial charge >= 0.3 is 14.2 Å². The van der Waals surface area contributed by atoms with E-state index in [-0.39, 0.29) is 25.3 Å². The van der Waals surface area contributed by atoms with E-state index in [1.54, 1.807) is 6.92 Å². The molecule has 0 radical (unpaired) electrons. The largest absolute Gasteiger partial charge is 0.463 e. The number of rotatable bonds is 10. The molecule has 0 aromatic heterocycles. The summed E-state index contributed by atoms with van der Waals surface area (Å²) >= 11 is 0. The molecule has 0 N–H and O–H groups in total. The summed E-state index contributed by atoms with van der Waals surface area (Å²) in [5.41, 5.74) is -0.505. The molecule has 19 heavy (non-hydrogen) atoms. The van der Waals surface area contributed by atoms with Gasteiger partial charge in [0.1, 0.15) is 6.61 Å². The van der Waals surface area contributed by atoms with Gasteiger partial charge in [0.05, 0.1) is 24.7 Å². The minimum Gasteiger partial charge on any atom is -0.463 e. The Balaban J connectivity index is 3.75. The van der Waals surface area contributed by atoms with Gasteiger partial charge in [0.25, 0.3) is 0 Å². The Labute approximate surface area is 115 Å². The number of carbonyl (C=O) groups excluding carboxylic acids is 1. The molecule has 0 saturated carbocycles. The van der Waals surface area contributed by atoms with Crippen molar-refractivity contribution in [3.8, 4) is 0 Å². The van der Waals surface area contributed by atoms with Crippen molar-refractivity contribution in [1.82, 2.24) is 0 Å². The van der Waals surface area contributed by atoms with Crippen LogP contribution in [0.1, 0.15) is 34.1 Å². The number of esters is 1. The lowest BCUT2D eigenvalue weighted by atomic mass is 9.91. The highest BCUT2D eigenvalue weighted by molar-refractivity contribution is 7.33. The van der Waals surface area contributed by atoms with E-state index in [4.69, 9.17) is 18.5 Å². The second-order valence-electron chi connectivity index (χ2n) is 4.86. The third kappa shape index (κ3) is 8.37. The average molecular weight is 296 g/mol. The van der Waals surface area contributed by atoms with Crippen molar-refractivity contribution in [1.29, 1.82) is 0 Å². The summed E-state index contributed by atoms with van der Waals surface area (Å²) in [4.78, 5) is 11.6. The molecule has 0 spiro atoms. The highest BCUT2D eigenvalue weighted by Gasteiger charge is 2.26. The van der Waals surface area contributed by atoms with Crippen LogP contribution < -0.4 is 0 Å². The van der Waals surface area contributed by atoms with Crippen molar-refractivity contribution >= 4 is 14.2 Å². The lowest BCUT2D eigenvalue weighted by Gasteiger charge is -2.20. The third-order valence-corrected chi connectivity index (χ3v) is 3.71. The second kappa shape index (κ2) is 9.48. The summed E-state index contributed by atoms with van der Waals surface area (Å²) in [5.74, 6) is -0.285. The molecule has 0 heterocycles. The second-order valence-corrected chi connectivity index (χ2v) is 5.88. The number of methoxy groups -OCH3 is 1. The van der Waals surface area contributed by atoms with Crippen molar-refractivity contribution in [2.24, 2.45) is 5.41 Å². The molecule has 0 bridgehead atoms. The number of hydrogen-bond donors (Lipinski definition) is 0. The molecular weight excluding hydrogens is 271 g/mol. The van der Waals surface area contributed by atoms with Gasteiger partial charge in [0, 0.05) is 7.11 Å². The van der Waals surface area contributed by atoms with E-state index in [1.165, 1.54) is 7.11 Å². The molecule has 0 fully saturated rings. The molecule has 0 aromatic rings. The van der Waals surface area contributed by atoms with Crippen LogP contribution in [0.4, 0.5) is 0 Å². The SMILES string of the molecule is CCC(C)(C)C(=O)OCCO[PH](=O)OC(C)COC. The molecule has 0 aliphatic carbocycles. The van der Waals surface area contributed by atoms with Crippen LogP contribution in [0, 0.1) is 5.41 Å². The minimum atomic E-state index is -2.57. The Kier molecular flexibility index (Phi) is 9.27. The van der Waals surface area contributed by atoms with E-state index in [2.05, 4.69) is 0 Å². The Morgan fingerprint density at radius 1 is 1.32 bits per heavy atom. The molecule has 114 valence electrons. The lowest BCUT2D eigenvalue weighted by molar-refractivity contribution is -0.154. The molecule has 0 aromatic carbocycles. The van der Waals surface area contributed by atoms with E-state index in [1.807, 2.05) is 20.8 Å². The van der Waals surface area contributed by atoms with Crippen LogP contribution in [-0.4, -0.2) is 39.0 Å². The maximum atomic E-state index is 11.6. The first-order valence-electron chi connectivity index (χ1n) is 6.33. The fraction of sp³-hybridized carbons (Fsp3) is 0.917. The predicted molar refractivity (Wildman–Crippen MR) is 72.4 cm³/mol. The van der Waals surface area contributed by atoms with Gasteiger partial charge < -0.3 is 18.5 Å². The zero-order valence-electron chi connectivity index (χ0n) is 12.4. The van der Waals surface area contributed by atoms with Gasteiger partial charge in [-0.05, 0) is 27.2 Å². The normalized spacial score (nSPS) is 15.0. The zero-order valence-corrected chi connectivity index (χ0v) is 13.4. The Morgan fingerprint density at radius 3 is 2.47 bits per heavy atom. The fourth-order valence-electron chi connectivity index (χ4n) is 1.07. The predicted octanol–water partition coefficient (Wildman–Crippen LogP) is 2.42. The number of ether oxygens (including phenoxy) is 2. The zero-order chi connectivity index (χ0) is 14.9. The van der Waals surface area contributed by atoms with Gasteiger partial charge in [0.2, 0.25) is 0 Å². The smallest absolute Gasteiger partial charge is 0.319 e. The third-order valence-electron chi connectivity index (χ3n) is 2.67. The van der Waals surface area contributed by atoms with E-state index in [0.717, 1.165) is 0 Å². The monoisotopic (exact) mass is 296 g/mol. The molecule has 0 aliphatic heterocycles. The van der Waals surface area contributed by atoms with Crippen LogP contribution in [0.5, 0.6) is 0 Å². The molecule has 2 unspecified atom stereocenters. The van der Waals surface area contributed by atoms with E-state index in [9.17, 15) is 9.36 Å². The summed E-state index contributed by atoms with van der Waals surface area (Å²) in [6.07, 6.45) is 0.402. The van der Waals surface area contributed by atoms with Crippen molar-refractivity contribution in [3.05, 3.63) is 0 Å². The van der Waals surface area contributed by atoms with Crippen LogP contribution in [0.2, 0.25) is 0 Å². The quantitative estimate of drug-likeness (QED) is 0.350. The van der Waals surface area contributed by atoms with Gasteiger partial charge in [-0.2, -0.15) is 0 Å². The molecule has 0 rings (SSSR count). The summed E-state index contributed by atoms with van der Waals surface area (Å²) in [6, 6.07) is 0. The Bertz CT molecular complexity index is 292. The van der Waals surface area contributed by atoms with E-state index in [0.29, 0.717) is 13.0 Å². The molecule has 0 aliphatic rings. The molecule has 7 heteroatoms. The summed E-state index contributed by atoms with van der Waals surface area (Å²) < 4.78 is 31.2. The summed E-state index contributed by atoms with van der Waals surface area (Å²) in [6.45, 7) is 7.76. The number of hydrogen-bond acceptors (Lipinski definition) is 6. The van der Waals surface area contributed by atoms with Gasteiger partial charge in [-0.25, -0.2) is 0 Å². The summed E-state index contributed by atoms with van der Waals surface area (Å²) in [7, 11) is -1.04. The van der Waals surface area contributed by atoms with Crippen molar-refractivity contribution in [2.75, 3.05) is 26.9 Å². The van der Waals surface area contributed by atoms with Crippen molar-refractivity contribution in [2.45, 2.75) is 40.2 Å². The first-order valence-corrected chi connectivity index (χ1v) is 7.55. The first-order chi connectivity index (χ1) is 8.83. The molecule has 0 amide bonds. The fourth-order valence-corrected chi connectivity index (χ4v) is 1.78. The van der Waals surface area contributed by atoms with Gasteiger partial charge in [-0.1, -0.05) is 6.92 Å². The highest BCUT2D eigenvalue weighted by atomic mass is 31.1. The van der Waals surface area contributed by atoms with Crippen LogP contribution in [0.25, 0.3) is 0 Å². The molecular formula is C12H25O6P. The van der Waals surface area contributed by atoms with Gasteiger partial charge in [-0.3, -0.25) is 9.36 Å². The average Bonchev–Trinajstić information content (AvgIpc) is 2.34. The topological polar surface area (TPSA) is 71.1 Å². The van der Waals surface area contributed by atoms with Crippen molar-refractivity contribution in [3.63, 3.8) is 0 Å². The number of carbonyl (C=O) groups is 1. The maximum absolute atomic E-state index is 11.6. The highest BCUT2D eigenvalue weighted by Crippen LogP contribution is 2.26. The molecule has 0 saturated heterocycles. The molecule has 2 atom stereocenters. The standard InChI is InChI=1S/C12H25O6P/c1-6-12(3,4)11(13)16-7-8-17-19(14)18-10(2)9-15-5/h10,19H,6-9H2,1-5H3. The molecule has 6 nitrogen and oxygen atoms in total. The van der Waals surface area contributed by atoms with Crippen LogP contribution in [-0.2, 0) is 27.9 Å². The maximum Gasteiger partial charge on any atom is 0.319 e. The first kappa shape index (κ1) is 18.6. The summed E-state index contributed by atoms with van der Waals surface area (Å²) in [5, 5.41) is 0. The Morgan fingerprint density at radius 2 is 1.95 bits per heavy atom. The van der Waals surface area contributed by atoms with E-state index < -0.39 is 13.7 Å².